The van der Waals surface area contributed by atoms with Gasteiger partial charge < -0.3 is 15.4 Å². The van der Waals surface area contributed by atoms with Gasteiger partial charge in [-0.25, -0.2) is 9.97 Å². The second-order valence-corrected chi connectivity index (χ2v) is 5.97. The van der Waals surface area contributed by atoms with Gasteiger partial charge in [-0.1, -0.05) is 18.2 Å². The number of aromatic nitrogens is 3. The van der Waals surface area contributed by atoms with Crippen LogP contribution in [-0.4, -0.2) is 25.6 Å². The summed E-state index contributed by atoms with van der Waals surface area (Å²) in [4.78, 5) is 19.9. The molecule has 0 amide bonds. The number of anilines is 1. The smallest absolute Gasteiger partial charge is 0.312 e. The largest absolute Gasteiger partial charge is 0.481 e. The summed E-state index contributed by atoms with van der Waals surface area (Å²) in [7, 11) is 0. The second kappa shape index (κ2) is 7.49. The van der Waals surface area contributed by atoms with E-state index in [0.717, 1.165) is 11.1 Å². The zero-order valence-electron chi connectivity index (χ0n) is 13.9. The summed E-state index contributed by atoms with van der Waals surface area (Å²) < 4.78 is 1.83. The van der Waals surface area contributed by atoms with E-state index in [-0.39, 0.29) is 6.42 Å². The Balaban J connectivity index is 1.75. The molecule has 0 saturated heterocycles. The van der Waals surface area contributed by atoms with Crippen molar-refractivity contribution >= 4 is 11.8 Å². The normalized spacial score (nSPS) is 11.7. The Morgan fingerprint density at radius 2 is 1.92 bits per heavy atom. The topological polar surface area (TPSA) is 118 Å². The minimum atomic E-state index is -0.939. The number of carbonyl (C=O) groups is 1. The zero-order valence-corrected chi connectivity index (χ0v) is 13.9. The third-order valence-electron chi connectivity index (χ3n) is 4.04. The molecule has 130 valence electrons. The van der Waals surface area contributed by atoms with Crippen molar-refractivity contribution in [3.8, 4) is 6.07 Å². The molecule has 3 rings (SSSR count). The Bertz CT molecular complexity index is 939. The molecule has 26 heavy (non-hydrogen) atoms. The average Bonchev–Trinajstić information content (AvgIpc) is 3.09. The summed E-state index contributed by atoms with van der Waals surface area (Å²) in [5.74, 6) is -1.31. The molecular formula is C19H17N5O2. The number of aliphatic carboxylic acids is 1. The van der Waals surface area contributed by atoms with Crippen LogP contribution in [0, 0.1) is 11.3 Å². The van der Waals surface area contributed by atoms with Crippen LogP contribution in [0.2, 0.25) is 0 Å². The molecule has 2 aromatic heterocycles. The van der Waals surface area contributed by atoms with E-state index in [9.17, 15) is 9.90 Å². The summed E-state index contributed by atoms with van der Waals surface area (Å²) >= 11 is 0. The summed E-state index contributed by atoms with van der Waals surface area (Å²) in [6.07, 6.45) is 5.22. The van der Waals surface area contributed by atoms with Gasteiger partial charge in [-0.15, -0.1) is 0 Å². The van der Waals surface area contributed by atoms with Crippen LogP contribution in [0.1, 0.15) is 28.3 Å². The number of nitrogens with zero attached hydrogens (tertiary/aromatic N) is 4. The first kappa shape index (κ1) is 17.2. The maximum absolute atomic E-state index is 11.7. The van der Waals surface area contributed by atoms with Gasteiger partial charge in [0, 0.05) is 18.9 Å². The molecule has 1 aromatic carbocycles. The molecule has 0 fully saturated rings. The molecule has 3 aromatic rings. The maximum atomic E-state index is 11.7. The molecule has 0 spiro atoms. The van der Waals surface area contributed by atoms with Gasteiger partial charge in [-0.3, -0.25) is 4.79 Å². The summed E-state index contributed by atoms with van der Waals surface area (Å²) in [5, 5.41) is 18.4. The third kappa shape index (κ3) is 4.05. The van der Waals surface area contributed by atoms with Gasteiger partial charge in [0.1, 0.15) is 11.7 Å². The number of nitriles is 1. The zero-order chi connectivity index (χ0) is 18.5. The molecular weight excluding hydrogens is 330 g/mol. The van der Waals surface area contributed by atoms with Crippen molar-refractivity contribution < 1.29 is 9.90 Å². The minimum absolute atomic E-state index is 0.288. The number of rotatable bonds is 6. The van der Waals surface area contributed by atoms with Crippen LogP contribution in [0.4, 0.5) is 5.82 Å². The van der Waals surface area contributed by atoms with E-state index in [1.54, 1.807) is 43.0 Å². The molecule has 0 radical (unpaired) electrons. The first-order chi connectivity index (χ1) is 12.5. The van der Waals surface area contributed by atoms with Gasteiger partial charge in [0.05, 0.1) is 23.7 Å². The number of pyridine rings is 1. The highest BCUT2D eigenvalue weighted by molar-refractivity contribution is 5.75. The fourth-order valence-corrected chi connectivity index (χ4v) is 2.65. The van der Waals surface area contributed by atoms with Crippen LogP contribution in [0.3, 0.4) is 0 Å². The standard InChI is InChI=1S/C19H17N5O2/c20-8-13-1-3-14(4-2-13)10-24-11-17(23-12-24)16(19(25)26)7-15-5-6-18(21)22-9-15/h1-6,9,11-12,16H,7,10H2,(H2,21,22)(H,25,26). The quantitative estimate of drug-likeness (QED) is 0.706. The monoisotopic (exact) mass is 347 g/mol. The highest BCUT2D eigenvalue weighted by atomic mass is 16.4. The van der Waals surface area contributed by atoms with Gasteiger partial charge >= 0.3 is 5.97 Å². The Kier molecular flexibility index (Phi) is 4.94. The van der Waals surface area contributed by atoms with Crippen molar-refractivity contribution in [2.75, 3.05) is 5.73 Å². The van der Waals surface area contributed by atoms with E-state index in [2.05, 4.69) is 16.0 Å². The first-order valence-electron chi connectivity index (χ1n) is 7.99. The van der Waals surface area contributed by atoms with E-state index in [4.69, 9.17) is 11.0 Å². The van der Waals surface area contributed by atoms with Crippen molar-refractivity contribution in [2.24, 2.45) is 0 Å². The fourth-order valence-electron chi connectivity index (χ4n) is 2.65. The molecule has 0 bridgehead atoms. The number of benzene rings is 1. The van der Waals surface area contributed by atoms with E-state index in [0.29, 0.717) is 23.6 Å². The molecule has 7 heteroatoms. The van der Waals surface area contributed by atoms with Crippen LogP contribution >= 0.6 is 0 Å². The Morgan fingerprint density at radius 1 is 1.19 bits per heavy atom. The van der Waals surface area contributed by atoms with Crippen molar-refractivity contribution in [2.45, 2.75) is 18.9 Å². The van der Waals surface area contributed by atoms with Gasteiger partial charge in [0.15, 0.2) is 0 Å². The SMILES string of the molecule is N#Cc1ccc(Cn2cnc(C(Cc3ccc(N)nc3)C(=O)O)c2)cc1. The molecule has 1 unspecified atom stereocenters. The number of hydrogen-bond acceptors (Lipinski definition) is 5. The predicted octanol–water partition coefficient (Wildman–Crippen LogP) is 2.19. The Morgan fingerprint density at radius 3 is 2.54 bits per heavy atom. The van der Waals surface area contributed by atoms with Gasteiger partial charge in [-0.05, 0) is 35.7 Å². The van der Waals surface area contributed by atoms with Crippen LogP contribution in [0.15, 0.2) is 55.1 Å². The number of nitrogens with two attached hydrogens (primary N) is 1. The molecule has 0 aliphatic rings. The summed E-state index contributed by atoms with van der Waals surface area (Å²) in [6, 6.07) is 12.7. The summed E-state index contributed by atoms with van der Waals surface area (Å²) in [6.45, 7) is 0.550. The second-order valence-electron chi connectivity index (χ2n) is 5.97. The molecule has 3 N–H and O–H groups in total. The van der Waals surface area contributed by atoms with E-state index >= 15 is 0 Å². The molecule has 0 aliphatic heterocycles. The highest BCUT2D eigenvalue weighted by Crippen LogP contribution is 2.20. The van der Waals surface area contributed by atoms with Crippen molar-refractivity contribution in [1.29, 1.82) is 5.26 Å². The summed E-state index contributed by atoms with van der Waals surface area (Å²) in [5.41, 5.74) is 8.44. The van der Waals surface area contributed by atoms with Crippen LogP contribution in [0.5, 0.6) is 0 Å². The molecule has 0 aliphatic carbocycles. The van der Waals surface area contributed by atoms with Crippen LogP contribution in [-0.2, 0) is 17.8 Å². The molecule has 2 heterocycles. The molecule has 1 atom stereocenters. The third-order valence-corrected chi connectivity index (χ3v) is 4.04. The molecule has 0 saturated carbocycles. The van der Waals surface area contributed by atoms with Crippen LogP contribution < -0.4 is 5.73 Å². The van der Waals surface area contributed by atoms with Crippen molar-refractivity contribution in [1.82, 2.24) is 14.5 Å². The number of imidazole rings is 1. The highest BCUT2D eigenvalue weighted by Gasteiger charge is 2.23. The van der Waals surface area contributed by atoms with Crippen LogP contribution in [0.25, 0.3) is 0 Å². The lowest BCUT2D eigenvalue weighted by Crippen LogP contribution is -2.15. The predicted molar refractivity (Wildman–Crippen MR) is 95.2 cm³/mol. The number of nitrogen functional groups attached to an aromatic ring is 1. The molecule has 7 nitrogen and oxygen atoms in total. The number of hydrogen-bond donors (Lipinski definition) is 2. The average molecular weight is 347 g/mol. The lowest BCUT2D eigenvalue weighted by atomic mass is 9.98. The van der Waals surface area contributed by atoms with E-state index < -0.39 is 11.9 Å². The van der Waals surface area contributed by atoms with Crippen molar-refractivity contribution in [3.63, 3.8) is 0 Å². The lowest BCUT2D eigenvalue weighted by Gasteiger charge is -2.10. The van der Waals surface area contributed by atoms with Gasteiger partial charge in [0.2, 0.25) is 0 Å². The van der Waals surface area contributed by atoms with Crippen molar-refractivity contribution in [3.05, 3.63) is 77.5 Å². The van der Waals surface area contributed by atoms with Gasteiger partial charge in [-0.2, -0.15) is 5.26 Å². The number of carboxylic acid groups (broad SMARTS) is 1. The first-order valence-corrected chi connectivity index (χ1v) is 7.99. The Hall–Kier alpha value is -3.66. The Labute approximate surface area is 150 Å². The minimum Gasteiger partial charge on any atom is -0.481 e. The maximum Gasteiger partial charge on any atom is 0.312 e. The number of carboxylic acids is 1. The van der Waals surface area contributed by atoms with E-state index in [1.165, 1.54) is 0 Å². The fraction of sp³-hybridized carbons (Fsp3) is 0.158. The van der Waals surface area contributed by atoms with E-state index in [1.807, 2.05) is 16.7 Å². The lowest BCUT2D eigenvalue weighted by molar-refractivity contribution is -0.138. The van der Waals surface area contributed by atoms with Gasteiger partial charge in [0.25, 0.3) is 0 Å².